The Morgan fingerprint density at radius 1 is 1.19 bits per heavy atom. The highest BCUT2D eigenvalue weighted by Crippen LogP contribution is 2.22. The summed E-state index contributed by atoms with van der Waals surface area (Å²) in [4.78, 5) is 12.8. The zero-order valence-electron chi connectivity index (χ0n) is 16.5. The Hall–Kier alpha value is -3.29. The predicted molar refractivity (Wildman–Crippen MR) is 118 cm³/mol. The molecule has 0 fully saturated rings. The van der Waals surface area contributed by atoms with E-state index in [4.69, 9.17) is 32.5 Å². The molecule has 9 heteroatoms. The van der Waals surface area contributed by atoms with E-state index in [-0.39, 0.29) is 12.3 Å². The van der Waals surface area contributed by atoms with Crippen LogP contribution < -0.4 is 10.1 Å². The van der Waals surface area contributed by atoms with Gasteiger partial charge in [0.15, 0.2) is 5.69 Å². The van der Waals surface area contributed by atoms with Crippen molar-refractivity contribution in [3.05, 3.63) is 93.6 Å². The van der Waals surface area contributed by atoms with E-state index in [2.05, 4.69) is 15.6 Å². The molecule has 0 saturated heterocycles. The number of rotatable bonds is 7. The topological polar surface area (TPSA) is 82.2 Å². The molecule has 158 valence electrons. The molecule has 0 bridgehead atoms. The second-order valence-electron chi connectivity index (χ2n) is 6.78. The highest BCUT2D eigenvalue weighted by molar-refractivity contribution is 6.35. The molecule has 1 N–H and O–H groups in total. The molecule has 2 aromatic carbocycles. The van der Waals surface area contributed by atoms with Gasteiger partial charge in [-0.25, -0.2) is 0 Å². The van der Waals surface area contributed by atoms with Crippen LogP contribution in [0.15, 0.2) is 65.4 Å². The number of nitrogens with zero attached hydrogens (tertiary/aromatic N) is 3. The van der Waals surface area contributed by atoms with Crippen molar-refractivity contribution in [3.8, 4) is 5.75 Å². The van der Waals surface area contributed by atoms with Crippen molar-refractivity contribution in [2.75, 3.05) is 5.32 Å². The Labute approximate surface area is 188 Å². The average molecular weight is 457 g/mol. The van der Waals surface area contributed by atoms with Gasteiger partial charge in [0, 0.05) is 16.2 Å². The molecule has 2 heterocycles. The van der Waals surface area contributed by atoms with Crippen LogP contribution >= 0.6 is 23.2 Å². The lowest BCUT2D eigenvalue weighted by molar-refractivity contribution is 0.101. The molecule has 0 radical (unpaired) electrons. The second kappa shape index (κ2) is 9.24. The van der Waals surface area contributed by atoms with Crippen LogP contribution in [0.2, 0.25) is 10.0 Å². The summed E-state index contributed by atoms with van der Waals surface area (Å²) in [7, 11) is 0. The molecule has 0 aliphatic rings. The van der Waals surface area contributed by atoms with E-state index in [0.29, 0.717) is 39.4 Å². The van der Waals surface area contributed by atoms with Crippen molar-refractivity contribution in [1.29, 1.82) is 0 Å². The molecule has 4 aromatic rings. The maximum Gasteiger partial charge on any atom is 0.278 e. The number of hydrogen-bond acceptors (Lipinski definition) is 5. The number of anilines is 1. The van der Waals surface area contributed by atoms with Gasteiger partial charge in [0.1, 0.15) is 18.1 Å². The smallest absolute Gasteiger partial charge is 0.278 e. The predicted octanol–water partition coefficient (Wildman–Crippen LogP) is 5.37. The fourth-order valence-corrected chi connectivity index (χ4v) is 3.41. The van der Waals surface area contributed by atoms with E-state index in [1.807, 2.05) is 36.4 Å². The fraction of sp³-hybridized carbons (Fsp3) is 0.136. The van der Waals surface area contributed by atoms with Gasteiger partial charge in [-0.05, 0) is 36.8 Å². The molecule has 7 nitrogen and oxygen atoms in total. The normalized spacial score (nSPS) is 10.8. The van der Waals surface area contributed by atoms with Gasteiger partial charge in [0.05, 0.1) is 24.0 Å². The standard InChI is InChI=1S/C22H18Cl2N4O3/c1-14-19(13-30-18-5-3-2-4-6-18)21(27-31-14)22(29)26-17-10-25-28(12-17)11-15-7-8-16(23)9-20(15)24/h2-10,12H,11,13H2,1H3,(H,26,29). The molecule has 0 aliphatic heterocycles. The monoisotopic (exact) mass is 456 g/mol. The van der Waals surface area contributed by atoms with Crippen molar-refractivity contribution < 1.29 is 14.1 Å². The van der Waals surface area contributed by atoms with Crippen LogP contribution in [-0.2, 0) is 13.2 Å². The lowest BCUT2D eigenvalue weighted by Crippen LogP contribution is -2.15. The second-order valence-corrected chi connectivity index (χ2v) is 7.63. The lowest BCUT2D eigenvalue weighted by atomic mass is 10.2. The van der Waals surface area contributed by atoms with E-state index < -0.39 is 5.91 Å². The number of carbonyl (C=O) groups is 1. The first-order valence-electron chi connectivity index (χ1n) is 9.40. The third kappa shape index (κ3) is 5.07. The Kier molecular flexibility index (Phi) is 6.25. The molecular formula is C22H18Cl2N4O3. The van der Waals surface area contributed by atoms with Gasteiger partial charge in [-0.3, -0.25) is 9.48 Å². The molecule has 0 atom stereocenters. The first-order valence-corrected chi connectivity index (χ1v) is 10.2. The summed E-state index contributed by atoms with van der Waals surface area (Å²) >= 11 is 12.2. The number of halogens is 2. The highest BCUT2D eigenvalue weighted by atomic mass is 35.5. The molecule has 0 unspecified atom stereocenters. The van der Waals surface area contributed by atoms with Crippen LogP contribution in [0.1, 0.15) is 27.4 Å². The maximum atomic E-state index is 12.8. The Balaban J connectivity index is 1.43. The molecule has 1 amide bonds. The number of hydrogen-bond donors (Lipinski definition) is 1. The number of ether oxygens (including phenoxy) is 1. The van der Waals surface area contributed by atoms with Crippen molar-refractivity contribution in [3.63, 3.8) is 0 Å². The Morgan fingerprint density at radius 3 is 2.77 bits per heavy atom. The molecule has 2 aromatic heterocycles. The van der Waals surface area contributed by atoms with Gasteiger partial charge < -0.3 is 14.6 Å². The van der Waals surface area contributed by atoms with E-state index in [0.717, 1.165) is 5.56 Å². The quantitative estimate of drug-likeness (QED) is 0.404. The van der Waals surface area contributed by atoms with Crippen molar-refractivity contribution in [1.82, 2.24) is 14.9 Å². The third-order valence-corrected chi connectivity index (χ3v) is 5.15. The van der Waals surface area contributed by atoms with Crippen LogP contribution in [0, 0.1) is 6.92 Å². The van der Waals surface area contributed by atoms with Crippen LogP contribution in [0.3, 0.4) is 0 Å². The summed E-state index contributed by atoms with van der Waals surface area (Å²) in [6.07, 6.45) is 3.25. The van der Waals surface area contributed by atoms with Gasteiger partial charge in [-0.15, -0.1) is 0 Å². The van der Waals surface area contributed by atoms with Gasteiger partial charge >= 0.3 is 0 Å². The highest BCUT2D eigenvalue weighted by Gasteiger charge is 2.21. The summed E-state index contributed by atoms with van der Waals surface area (Å²) < 4.78 is 12.6. The minimum Gasteiger partial charge on any atom is -0.489 e. The van der Waals surface area contributed by atoms with E-state index >= 15 is 0 Å². The maximum absolute atomic E-state index is 12.8. The average Bonchev–Trinajstić information content (AvgIpc) is 3.35. The van der Waals surface area contributed by atoms with Gasteiger partial charge in [-0.1, -0.05) is 52.6 Å². The number of benzene rings is 2. The van der Waals surface area contributed by atoms with Crippen LogP contribution in [-0.4, -0.2) is 20.8 Å². The number of aryl methyl sites for hydroxylation is 1. The number of nitrogens with one attached hydrogen (secondary N) is 1. The molecule has 0 aliphatic carbocycles. The van der Waals surface area contributed by atoms with E-state index in [1.54, 1.807) is 36.1 Å². The summed E-state index contributed by atoms with van der Waals surface area (Å²) in [6.45, 7) is 2.34. The minimum absolute atomic E-state index is 0.163. The minimum atomic E-state index is -0.410. The summed E-state index contributed by atoms with van der Waals surface area (Å²) in [5.74, 6) is 0.804. The third-order valence-electron chi connectivity index (χ3n) is 4.56. The van der Waals surface area contributed by atoms with Crippen LogP contribution in [0.5, 0.6) is 5.75 Å². The molecule has 31 heavy (non-hydrogen) atoms. The zero-order chi connectivity index (χ0) is 21.8. The fourth-order valence-electron chi connectivity index (χ4n) is 2.94. The first-order chi connectivity index (χ1) is 15.0. The van der Waals surface area contributed by atoms with Crippen molar-refractivity contribution in [2.45, 2.75) is 20.1 Å². The van der Waals surface area contributed by atoms with Crippen LogP contribution in [0.4, 0.5) is 5.69 Å². The molecule has 0 saturated carbocycles. The van der Waals surface area contributed by atoms with Gasteiger partial charge in [0.2, 0.25) is 0 Å². The largest absolute Gasteiger partial charge is 0.489 e. The van der Waals surface area contributed by atoms with E-state index in [9.17, 15) is 4.79 Å². The van der Waals surface area contributed by atoms with Crippen molar-refractivity contribution >= 4 is 34.8 Å². The first kappa shape index (κ1) is 21.0. The summed E-state index contributed by atoms with van der Waals surface area (Å²) in [6, 6.07) is 14.6. The SMILES string of the molecule is Cc1onc(C(=O)Nc2cnn(Cc3ccc(Cl)cc3Cl)c2)c1COc1ccccc1. The number of para-hydroxylation sites is 1. The van der Waals surface area contributed by atoms with Crippen molar-refractivity contribution in [2.24, 2.45) is 0 Å². The van der Waals surface area contributed by atoms with Gasteiger partial charge in [0.25, 0.3) is 5.91 Å². The number of amides is 1. The number of carbonyl (C=O) groups excluding carboxylic acids is 1. The molecular weight excluding hydrogens is 439 g/mol. The Bertz CT molecular complexity index is 1200. The summed E-state index contributed by atoms with van der Waals surface area (Å²) in [5, 5.41) is 12.1. The lowest BCUT2D eigenvalue weighted by Gasteiger charge is -2.06. The molecule has 4 rings (SSSR count). The van der Waals surface area contributed by atoms with Gasteiger partial charge in [-0.2, -0.15) is 5.10 Å². The molecule has 0 spiro atoms. The summed E-state index contributed by atoms with van der Waals surface area (Å²) in [5.41, 5.74) is 2.13. The van der Waals surface area contributed by atoms with E-state index in [1.165, 1.54) is 0 Å². The Morgan fingerprint density at radius 2 is 2.00 bits per heavy atom. The van der Waals surface area contributed by atoms with Crippen LogP contribution in [0.25, 0.3) is 0 Å². The zero-order valence-corrected chi connectivity index (χ0v) is 18.0. The number of aromatic nitrogens is 3.